The first kappa shape index (κ1) is 9.47. The molecule has 1 saturated carbocycles. The molecule has 0 unspecified atom stereocenters. The first-order valence-electron chi connectivity index (χ1n) is 5.81. The number of nitrogens with one attached hydrogen (secondary N) is 1. The Morgan fingerprint density at radius 3 is 2.77 bits per heavy atom. The topological polar surface area (TPSA) is 15.3 Å². The van der Waals surface area contributed by atoms with Gasteiger partial charge in [-0.15, -0.1) is 0 Å². The van der Waals surface area contributed by atoms with E-state index in [4.69, 9.17) is 0 Å². The predicted octanol–water partition coefficient (Wildman–Crippen LogP) is 1.47. The van der Waals surface area contributed by atoms with Crippen LogP contribution in [0.5, 0.6) is 0 Å². The second-order valence-corrected chi connectivity index (χ2v) is 4.70. The standard InChI is InChI=1S/C11H22N2/c1-10-8-12-6-7-13(10)9-11-4-2-3-5-11/h10-12H,2-9H2,1H3/t10-/m0/s1. The molecule has 1 N–H and O–H groups in total. The van der Waals surface area contributed by atoms with Crippen LogP contribution in [0.25, 0.3) is 0 Å². The molecule has 1 heterocycles. The number of piperazine rings is 1. The molecular weight excluding hydrogens is 160 g/mol. The van der Waals surface area contributed by atoms with Crippen molar-refractivity contribution in [1.82, 2.24) is 10.2 Å². The molecule has 2 rings (SSSR count). The van der Waals surface area contributed by atoms with E-state index < -0.39 is 0 Å². The highest BCUT2D eigenvalue weighted by atomic mass is 15.2. The maximum Gasteiger partial charge on any atom is 0.0193 e. The third-order valence-electron chi connectivity index (χ3n) is 3.61. The first-order chi connectivity index (χ1) is 6.36. The summed E-state index contributed by atoms with van der Waals surface area (Å²) in [6.45, 7) is 7.35. The van der Waals surface area contributed by atoms with Crippen molar-refractivity contribution < 1.29 is 0 Å². The largest absolute Gasteiger partial charge is 0.314 e. The Hall–Kier alpha value is -0.0800. The van der Waals surface area contributed by atoms with Crippen LogP contribution in [0.4, 0.5) is 0 Å². The molecular formula is C11H22N2. The molecule has 0 radical (unpaired) electrons. The molecule has 0 aromatic carbocycles. The molecule has 1 aliphatic carbocycles. The first-order valence-corrected chi connectivity index (χ1v) is 5.81. The van der Waals surface area contributed by atoms with Crippen LogP contribution >= 0.6 is 0 Å². The number of nitrogens with zero attached hydrogens (tertiary/aromatic N) is 1. The van der Waals surface area contributed by atoms with E-state index in [0.29, 0.717) is 0 Å². The van der Waals surface area contributed by atoms with E-state index >= 15 is 0 Å². The zero-order chi connectivity index (χ0) is 9.10. The fourth-order valence-electron chi connectivity index (χ4n) is 2.68. The van der Waals surface area contributed by atoms with Crippen molar-refractivity contribution in [2.24, 2.45) is 5.92 Å². The maximum absolute atomic E-state index is 3.45. The van der Waals surface area contributed by atoms with E-state index in [1.807, 2.05) is 0 Å². The molecule has 13 heavy (non-hydrogen) atoms. The summed E-state index contributed by atoms with van der Waals surface area (Å²) in [7, 11) is 0. The van der Waals surface area contributed by atoms with Gasteiger partial charge in [0, 0.05) is 32.2 Å². The molecule has 0 aromatic rings. The van der Waals surface area contributed by atoms with Crippen LogP contribution in [-0.2, 0) is 0 Å². The van der Waals surface area contributed by atoms with Gasteiger partial charge >= 0.3 is 0 Å². The van der Waals surface area contributed by atoms with Gasteiger partial charge in [-0.1, -0.05) is 12.8 Å². The van der Waals surface area contributed by atoms with E-state index in [0.717, 1.165) is 12.0 Å². The molecule has 2 nitrogen and oxygen atoms in total. The molecule has 0 spiro atoms. The zero-order valence-corrected chi connectivity index (χ0v) is 8.76. The van der Waals surface area contributed by atoms with Gasteiger partial charge in [-0.05, 0) is 25.7 Å². The Labute approximate surface area is 81.7 Å². The van der Waals surface area contributed by atoms with Gasteiger partial charge in [-0.2, -0.15) is 0 Å². The van der Waals surface area contributed by atoms with Crippen molar-refractivity contribution >= 4 is 0 Å². The lowest BCUT2D eigenvalue weighted by Crippen LogP contribution is -2.50. The highest BCUT2D eigenvalue weighted by molar-refractivity contribution is 4.79. The molecule has 76 valence electrons. The number of rotatable bonds is 2. The van der Waals surface area contributed by atoms with Gasteiger partial charge in [-0.25, -0.2) is 0 Å². The minimum Gasteiger partial charge on any atom is -0.314 e. The van der Waals surface area contributed by atoms with Crippen molar-refractivity contribution in [3.05, 3.63) is 0 Å². The third kappa shape index (κ3) is 2.44. The molecule has 2 fully saturated rings. The second-order valence-electron chi connectivity index (χ2n) is 4.70. The highest BCUT2D eigenvalue weighted by Crippen LogP contribution is 2.26. The zero-order valence-electron chi connectivity index (χ0n) is 8.76. The van der Waals surface area contributed by atoms with Crippen molar-refractivity contribution in [2.45, 2.75) is 38.6 Å². The second kappa shape index (κ2) is 4.43. The fraction of sp³-hybridized carbons (Fsp3) is 1.00. The van der Waals surface area contributed by atoms with Crippen molar-refractivity contribution in [2.75, 3.05) is 26.2 Å². The highest BCUT2D eigenvalue weighted by Gasteiger charge is 2.23. The monoisotopic (exact) mass is 182 g/mol. The lowest BCUT2D eigenvalue weighted by Gasteiger charge is -2.35. The van der Waals surface area contributed by atoms with Crippen LogP contribution in [0.2, 0.25) is 0 Å². The van der Waals surface area contributed by atoms with Crippen molar-refractivity contribution in [3.8, 4) is 0 Å². The van der Waals surface area contributed by atoms with Gasteiger partial charge in [-0.3, -0.25) is 4.90 Å². The van der Waals surface area contributed by atoms with Crippen LogP contribution in [0.3, 0.4) is 0 Å². The van der Waals surface area contributed by atoms with Gasteiger partial charge in [0.25, 0.3) is 0 Å². The predicted molar refractivity (Wildman–Crippen MR) is 55.9 cm³/mol. The normalized spacial score (nSPS) is 32.5. The van der Waals surface area contributed by atoms with Crippen LogP contribution < -0.4 is 5.32 Å². The minimum atomic E-state index is 0.759. The summed E-state index contributed by atoms with van der Waals surface area (Å²) >= 11 is 0. The quantitative estimate of drug-likeness (QED) is 0.695. The SMILES string of the molecule is C[C@H]1CNCCN1CC1CCCC1. The van der Waals surface area contributed by atoms with Gasteiger partial charge in [0.1, 0.15) is 0 Å². The van der Waals surface area contributed by atoms with Gasteiger partial charge in [0.15, 0.2) is 0 Å². The summed E-state index contributed by atoms with van der Waals surface area (Å²) in [6, 6.07) is 0.759. The Balaban J connectivity index is 1.78. The summed E-state index contributed by atoms with van der Waals surface area (Å²) in [6.07, 6.45) is 5.92. The van der Waals surface area contributed by atoms with Crippen LogP contribution in [-0.4, -0.2) is 37.1 Å². The minimum absolute atomic E-state index is 0.759. The van der Waals surface area contributed by atoms with E-state index in [-0.39, 0.29) is 0 Å². The molecule has 0 aromatic heterocycles. The maximum atomic E-state index is 3.45. The molecule has 1 saturated heterocycles. The summed E-state index contributed by atoms with van der Waals surface area (Å²) in [5.74, 6) is 1.01. The molecule has 2 aliphatic rings. The summed E-state index contributed by atoms with van der Waals surface area (Å²) < 4.78 is 0. The number of hydrogen-bond acceptors (Lipinski definition) is 2. The molecule has 0 amide bonds. The lowest BCUT2D eigenvalue weighted by atomic mass is 10.1. The Bertz CT molecular complexity index is 152. The average molecular weight is 182 g/mol. The van der Waals surface area contributed by atoms with Gasteiger partial charge < -0.3 is 5.32 Å². The van der Waals surface area contributed by atoms with E-state index in [1.54, 1.807) is 0 Å². The Morgan fingerprint density at radius 2 is 2.08 bits per heavy atom. The van der Waals surface area contributed by atoms with Gasteiger partial charge in [0.05, 0.1) is 0 Å². The summed E-state index contributed by atoms with van der Waals surface area (Å²) in [4.78, 5) is 2.67. The summed E-state index contributed by atoms with van der Waals surface area (Å²) in [5, 5.41) is 3.45. The average Bonchev–Trinajstić information content (AvgIpc) is 2.61. The number of hydrogen-bond donors (Lipinski definition) is 1. The fourth-order valence-corrected chi connectivity index (χ4v) is 2.68. The van der Waals surface area contributed by atoms with Crippen molar-refractivity contribution in [1.29, 1.82) is 0 Å². The lowest BCUT2D eigenvalue weighted by molar-refractivity contribution is 0.148. The van der Waals surface area contributed by atoms with Crippen LogP contribution in [0, 0.1) is 5.92 Å². The Kier molecular flexibility index (Phi) is 3.23. The molecule has 1 atom stereocenters. The third-order valence-corrected chi connectivity index (χ3v) is 3.61. The Morgan fingerprint density at radius 1 is 1.31 bits per heavy atom. The smallest absolute Gasteiger partial charge is 0.0193 e. The van der Waals surface area contributed by atoms with Gasteiger partial charge in [0.2, 0.25) is 0 Å². The van der Waals surface area contributed by atoms with Crippen LogP contribution in [0.1, 0.15) is 32.6 Å². The van der Waals surface area contributed by atoms with E-state index in [1.165, 1.54) is 51.9 Å². The summed E-state index contributed by atoms with van der Waals surface area (Å²) in [5.41, 5.74) is 0. The van der Waals surface area contributed by atoms with Crippen LogP contribution in [0.15, 0.2) is 0 Å². The van der Waals surface area contributed by atoms with E-state index in [2.05, 4.69) is 17.1 Å². The molecule has 0 bridgehead atoms. The molecule has 1 aliphatic heterocycles. The van der Waals surface area contributed by atoms with E-state index in [9.17, 15) is 0 Å². The molecule has 2 heteroatoms. The van der Waals surface area contributed by atoms with Crippen molar-refractivity contribution in [3.63, 3.8) is 0 Å².